The second kappa shape index (κ2) is 8.85. The molecule has 1 heterocycles. The second-order valence-electron chi connectivity index (χ2n) is 6.66. The third-order valence-electron chi connectivity index (χ3n) is 3.93. The minimum atomic E-state index is -4.73. The minimum absolute atomic E-state index is 0.111. The van der Waals surface area contributed by atoms with E-state index in [-0.39, 0.29) is 30.7 Å². The van der Waals surface area contributed by atoms with Gasteiger partial charge in [0.15, 0.2) is 0 Å². The van der Waals surface area contributed by atoms with Crippen molar-refractivity contribution in [1.29, 1.82) is 0 Å². The van der Waals surface area contributed by atoms with Crippen LogP contribution in [-0.4, -0.2) is 39.9 Å². The zero-order chi connectivity index (χ0) is 20.9. The number of nitrogens with one attached hydrogen (secondary N) is 1. The Morgan fingerprint density at radius 1 is 1.21 bits per heavy atom. The lowest BCUT2D eigenvalue weighted by Gasteiger charge is -2.26. The van der Waals surface area contributed by atoms with Gasteiger partial charge in [-0.3, -0.25) is 9.59 Å². The van der Waals surface area contributed by atoms with Gasteiger partial charge in [0.1, 0.15) is 6.04 Å². The zero-order valence-corrected chi connectivity index (χ0v) is 15.7. The number of aromatic nitrogens is 2. The fourth-order valence-electron chi connectivity index (χ4n) is 2.47. The predicted molar refractivity (Wildman–Crippen MR) is 92.7 cm³/mol. The highest BCUT2D eigenvalue weighted by atomic mass is 19.4. The van der Waals surface area contributed by atoms with E-state index >= 15 is 0 Å². The number of likely N-dealkylation sites (N-methyl/N-ethyl adjacent to an activating group) is 1. The lowest BCUT2D eigenvalue weighted by Crippen LogP contribution is -2.50. The molecule has 0 spiro atoms. The number of nitrogens with zero attached hydrogens (tertiary/aromatic N) is 3. The molecule has 10 heteroatoms. The van der Waals surface area contributed by atoms with Gasteiger partial charge < -0.3 is 14.7 Å². The van der Waals surface area contributed by atoms with Gasteiger partial charge in [0.05, 0.1) is 13.0 Å². The molecule has 0 aliphatic heterocycles. The third kappa shape index (κ3) is 5.80. The van der Waals surface area contributed by atoms with Crippen LogP contribution in [0.15, 0.2) is 34.9 Å². The number of carbonyl (C=O) groups is 2. The van der Waals surface area contributed by atoms with Crippen molar-refractivity contribution >= 4 is 11.8 Å². The molecule has 0 aliphatic rings. The van der Waals surface area contributed by atoms with Gasteiger partial charge in [0.2, 0.25) is 17.7 Å². The molecule has 152 valence electrons. The van der Waals surface area contributed by atoms with Crippen LogP contribution in [0.2, 0.25) is 0 Å². The normalized spacial score (nSPS) is 12.7. The van der Waals surface area contributed by atoms with Crippen LogP contribution in [0.5, 0.6) is 0 Å². The molecule has 0 aliphatic carbocycles. The van der Waals surface area contributed by atoms with E-state index in [0.717, 1.165) is 10.5 Å². The summed E-state index contributed by atoms with van der Waals surface area (Å²) in [7, 11) is 1.39. The number of carbonyl (C=O) groups excluding carboxylic acids is 2. The lowest BCUT2D eigenvalue weighted by atomic mass is 10.0. The van der Waals surface area contributed by atoms with Gasteiger partial charge in [0.25, 0.3) is 5.82 Å². The molecule has 2 amide bonds. The first-order valence-corrected chi connectivity index (χ1v) is 8.56. The van der Waals surface area contributed by atoms with E-state index in [4.69, 9.17) is 0 Å². The fraction of sp³-hybridized carbons (Fsp3) is 0.444. The van der Waals surface area contributed by atoms with Crippen molar-refractivity contribution in [1.82, 2.24) is 20.4 Å². The number of alkyl halides is 3. The molecule has 0 radical (unpaired) electrons. The topological polar surface area (TPSA) is 88.3 Å². The lowest BCUT2D eigenvalue weighted by molar-refractivity contribution is -0.146. The molecule has 0 saturated heterocycles. The van der Waals surface area contributed by atoms with Crippen molar-refractivity contribution in [2.24, 2.45) is 5.92 Å². The monoisotopic (exact) mass is 398 g/mol. The molecular formula is C18H21F3N4O3. The van der Waals surface area contributed by atoms with E-state index in [2.05, 4.69) is 20.0 Å². The summed E-state index contributed by atoms with van der Waals surface area (Å²) in [6, 6.07) is 8.20. The molecule has 0 bridgehead atoms. The van der Waals surface area contributed by atoms with E-state index in [0.29, 0.717) is 0 Å². The first kappa shape index (κ1) is 21.4. The molecule has 2 rings (SSSR count). The van der Waals surface area contributed by atoms with Crippen LogP contribution in [-0.2, 0) is 28.7 Å². The van der Waals surface area contributed by atoms with Crippen LogP contribution in [0, 0.1) is 5.92 Å². The minimum Gasteiger partial charge on any atom is -0.344 e. The van der Waals surface area contributed by atoms with Crippen LogP contribution in [0.1, 0.15) is 31.1 Å². The van der Waals surface area contributed by atoms with Crippen molar-refractivity contribution in [2.75, 3.05) is 7.05 Å². The van der Waals surface area contributed by atoms with Crippen molar-refractivity contribution in [2.45, 2.75) is 39.0 Å². The van der Waals surface area contributed by atoms with Gasteiger partial charge in [0, 0.05) is 7.05 Å². The van der Waals surface area contributed by atoms with Gasteiger partial charge in [-0.05, 0) is 11.5 Å². The summed E-state index contributed by atoms with van der Waals surface area (Å²) in [5.74, 6) is -2.78. The van der Waals surface area contributed by atoms with E-state index in [1.165, 1.54) is 7.05 Å². The van der Waals surface area contributed by atoms with Crippen molar-refractivity contribution in [3.8, 4) is 0 Å². The number of hydrogen-bond donors (Lipinski definition) is 1. The molecule has 0 saturated carbocycles. The molecule has 1 atom stereocenters. The SMILES string of the molecule is CC(C)[C@H](NC(=O)Cc1ccccc1)C(=O)N(C)Cc1nc(C(F)(F)F)no1. The summed E-state index contributed by atoms with van der Waals surface area (Å²) in [5, 5.41) is 5.54. The van der Waals surface area contributed by atoms with Crippen molar-refractivity contribution in [3.63, 3.8) is 0 Å². The van der Waals surface area contributed by atoms with Gasteiger partial charge in [-0.1, -0.05) is 49.3 Å². The maximum Gasteiger partial charge on any atom is 0.455 e. The van der Waals surface area contributed by atoms with E-state index in [1.54, 1.807) is 38.1 Å². The Morgan fingerprint density at radius 2 is 1.86 bits per heavy atom. The quantitative estimate of drug-likeness (QED) is 0.774. The van der Waals surface area contributed by atoms with Crippen molar-refractivity contribution in [3.05, 3.63) is 47.6 Å². The Labute approximate surface area is 159 Å². The van der Waals surface area contributed by atoms with Crippen LogP contribution in [0.3, 0.4) is 0 Å². The summed E-state index contributed by atoms with van der Waals surface area (Å²) >= 11 is 0. The maximum absolute atomic E-state index is 12.7. The van der Waals surface area contributed by atoms with Crippen molar-refractivity contribution < 1.29 is 27.3 Å². The Hall–Kier alpha value is -2.91. The van der Waals surface area contributed by atoms with E-state index in [9.17, 15) is 22.8 Å². The Bertz CT molecular complexity index is 806. The van der Waals surface area contributed by atoms with Gasteiger partial charge in [-0.25, -0.2) is 0 Å². The largest absolute Gasteiger partial charge is 0.455 e. The van der Waals surface area contributed by atoms with Gasteiger partial charge in [-0.2, -0.15) is 18.2 Å². The molecular weight excluding hydrogens is 377 g/mol. The first-order valence-electron chi connectivity index (χ1n) is 8.56. The van der Waals surface area contributed by atoms with Crippen LogP contribution in [0.25, 0.3) is 0 Å². The molecule has 1 aromatic carbocycles. The van der Waals surface area contributed by atoms with Crippen LogP contribution in [0.4, 0.5) is 13.2 Å². The highest BCUT2D eigenvalue weighted by Gasteiger charge is 2.37. The first-order chi connectivity index (χ1) is 13.1. The van der Waals surface area contributed by atoms with E-state index in [1.807, 2.05) is 6.07 Å². The molecule has 0 unspecified atom stereocenters. The van der Waals surface area contributed by atoms with Crippen LogP contribution >= 0.6 is 0 Å². The molecule has 7 nitrogen and oxygen atoms in total. The highest BCUT2D eigenvalue weighted by Crippen LogP contribution is 2.26. The van der Waals surface area contributed by atoms with Gasteiger partial charge >= 0.3 is 6.18 Å². The highest BCUT2D eigenvalue weighted by molar-refractivity contribution is 5.88. The number of hydrogen-bond acceptors (Lipinski definition) is 5. The number of halogens is 3. The number of rotatable bonds is 7. The maximum atomic E-state index is 12.7. The van der Waals surface area contributed by atoms with Gasteiger partial charge in [-0.15, -0.1) is 0 Å². The molecule has 0 fully saturated rings. The predicted octanol–water partition coefficient (Wildman–Crippen LogP) is 2.43. The third-order valence-corrected chi connectivity index (χ3v) is 3.93. The molecule has 1 aromatic heterocycles. The van der Waals surface area contributed by atoms with E-state index < -0.39 is 23.9 Å². The summed E-state index contributed by atoms with van der Waals surface area (Å²) in [6.45, 7) is 3.21. The number of benzene rings is 1. The molecule has 28 heavy (non-hydrogen) atoms. The Kier molecular flexibility index (Phi) is 6.76. The Balaban J connectivity index is 2.01. The average Bonchev–Trinajstić information content (AvgIpc) is 3.08. The molecule has 2 aromatic rings. The smallest absolute Gasteiger partial charge is 0.344 e. The summed E-state index contributed by atoms with van der Waals surface area (Å²) in [4.78, 5) is 29.3. The summed E-state index contributed by atoms with van der Waals surface area (Å²) < 4.78 is 42.2. The summed E-state index contributed by atoms with van der Waals surface area (Å²) in [5.41, 5.74) is 0.800. The second-order valence-corrected chi connectivity index (χ2v) is 6.66. The number of amides is 2. The Morgan fingerprint density at radius 3 is 2.39 bits per heavy atom. The standard InChI is InChI=1S/C18H21F3N4O3/c1-11(2)15(22-13(26)9-12-7-5-4-6-8-12)16(27)25(3)10-14-23-17(24-28-14)18(19,20)21/h4-8,11,15H,9-10H2,1-3H3,(H,22,26)/t15-/m0/s1. The average molecular weight is 398 g/mol. The molecule has 1 N–H and O–H groups in total. The summed E-state index contributed by atoms with van der Waals surface area (Å²) in [6.07, 6.45) is -4.62. The zero-order valence-electron chi connectivity index (χ0n) is 15.7. The fourth-order valence-corrected chi connectivity index (χ4v) is 2.47. The van der Waals surface area contributed by atoms with Crippen LogP contribution < -0.4 is 5.32 Å².